The third kappa shape index (κ3) is 4.89. The monoisotopic (exact) mass is 332 g/mol. The molecule has 1 aliphatic heterocycles. The molecule has 1 fully saturated rings. The number of ether oxygens (including phenoxy) is 1. The molecule has 1 aromatic rings. The van der Waals surface area contributed by atoms with Gasteiger partial charge in [-0.05, 0) is 32.8 Å². The van der Waals surface area contributed by atoms with E-state index >= 15 is 0 Å². The van der Waals surface area contributed by atoms with E-state index in [0.717, 1.165) is 18.7 Å². The molecule has 5 nitrogen and oxygen atoms in total. The van der Waals surface area contributed by atoms with Crippen LogP contribution >= 0.6 is 0 Å². The molecule has 0 saturated carbocycles. The van der Waals surface area contributed by atoms with Crippen LogP contribution in [-0.4, -0.2) is 41.9 Å². The molecule has 0 aromatic heterocycles. The van der Waals surface area contributed by atoms with Gasteiger partial charge >= 0.3 is 5.97 Å². The van der Waals surface area contributed by atoms with E-state index in [2.05, 4.69) is 4.90 Å². The van der Waals surface area contributed by atoms with E-state index in [0.29, 0.717) is 31.6 Å². The van der Waals surface area contributed by atoms with Gasteiger partial charge in [0.05, 0.1) is 0 Å². The standard InChI is InChI=1S/C19H28N2O3/c1-18(2,3)24-17(23)19(20,15-7-5-4-6-8-15)11-14-21-12-9-16(22)10-13-21/h4-8H,9-14,20H2,1-3H3. The van der Waals surface area contributed by atoms with Crippen molar-refractivity contribution in [2.45, 2.75) is 51.2 Å². The zero-order valence-electron chi connectivity index (χ0n) is 14.9. The highest BCUT2D eigenvalue weighted by Crippen LogP contribution is 2.27. The molecule has 0 bridgehead atoms. The molecule has 0 aliphatic carbocycles. The largest absolute Gasteiger partial charge is 0.458 e. The van der Waals surface area contributed by atoms with Crippen LogP contribution in [-0.2, 0) is 19.9 Å². The summed E-state index contributed by atoms with van der Waals surface area (Å²) < 4.78 is 5.58. The molecule has 0 spiro atoms. The summed E-state index contributed by atoms with van der Waals surface area (Å²) in [5.74, 6) is -0.102. The van der Waals surface area contributed by atoms with Gasteiger partial charge < -0.3 is 15.4 Å². The van der Waals surface area contributed by atoms with Crippen LogP contribution in [0.5, 0.6) is 0 Å². The minimum absolute atomic E-state index is 0.306. The normalized spacial score (nSPS) is 18.9. The first-order chi connectivity index (χ1) is 11.2. The lowest BCUT2D eigenvalue weighted by atomic mass is 9.87. The number of Topliss-reactive ketones (excluding diaryl/α,β-unsaturated/α-hetero) is 1. The van der Waals surface area contributed by atoms with E-state index in [1.165, 1.54) is 0 Å². The summed E-state index contributed by atoms with van der Waals surface area (Å²) in [5, 5.41) is 0. The van der Waals surface area contributed by atoms with E-state index in [1.54, 1.807) is 0 Å². The Morgan fingerprint density at radius 2 is 1.75 bits per heavy atom. The third-order valence-electron chi connectivity index (χ3n) is 4.29. The molecule has 1 aromatic carbocycles. The number of hydrogen-bond acceptors (Lipinski definition) is 5. The minimum Gasteiger partial charge on any atom is -0.458 e. The van der Waals surface area contributed by atoms with Crippen molar-refractivity contribution in [1.29, 1.82) is 0 Å². The van der Waals surface area contributed by atoms with Crippen LogP contribution < -0.4 is 5.73 Å². The maximum atomic E-state index is 12.8. The van der Waals surface area contributed by atoms with Crippen molar-refractivity contribution < 1.29 is 14.3 Å². The fourth-order valence-corrected chi connectivity index (χ4v) is 2.83. The van der Waals surface area contributed by atoms with Gasteiger partial charge in [-0.15, -0.1) is 0 Å². The highest BCUT2D eigenvalue weighted by molar-refractivity contribution is 5.82. The number of nitrogens with zero attached hydrogens (tertiary/aromatic N) is 1. The smallest absolute Gasteiger partial charge is 0.331 e. The maximum absolute atomic E-state index is 12.8. The Kier molecular flexibility index (Phi) is 5.78. The molecule has 1 heterocycles. The molecular weight excluding hydrogens is 304 g/mol. The summed E-state index contributed by atoms with van der Waals surface area (Å²) in [6, 6.07) is 9.38. The number of benzene rings is 1. The van der Waals surface area contributed by atoms with Gasteiger partial charge in [0.1, 0.15) is 16.9 Å². The first-order valence-electron chi connectivity index (χ1n) is 8.53. The van der Waals surface area contributed by atoms with Crippen molar-refractivity contribution in [3.8, 4) is 0 Å². The first kappa shape index (κ1) is 18.6. The van der Waals surface area contributed by atoms with Crippen LogP contribution in [0.15, 0.2) is 30.3 Å². The summed E-state index contributed by atoms with van der Waals surface area (Å²) >= 11 is 0. The lowest BCUT2D eigenvalue weighted by Gasteiger charge is -2.34. The van der Waals surface area contributed by atoms with Crippen LogP contribution in [0.2, 0.25) is 0 Å². The molecule has 1 unspecified atom stereocenters. The highest BCUT2D eigenvalue weighted by Gasteiger charge is 2.39. The van der Waals surface area contributed by atoms with E-state index in [9.17, 15) is 9.59 Å². The van der Waals surface area contributed by atoms with Crippen LogP contribution in [0, 0.1) is 0 Å². The Morgan fingerprint density at radius 3 is 2.29 bits per heavy atom. The summed E-state index contributed by atoms with van der Waals surface area (Å²) in [7, 11) is 0. The average molecular weight is 332 g/mol. The minimum atomic E-state index is -1.18. The second-order valence-corrected chi connectivity index (χ2v) is 7.47. The fraction of sp³-hybridized carbons (Fsp3) is 0.579. The number of ketones is 1. The van der Waals surface area contributed by atoms with Crippen LogP contribution in [0.25, 0.3) is 0 Å². The van der Waals surface area contributed by atoms with Gasteiger partial charge in [0.2, 0.25) is 0 Å². The molecule has 2 N–H and O–H groups in total. The van der Waals surface area contributed by atoms with Gasteiger partial charge in [0.15, 0.2) is 0 Å². The van der Waals surface area contributed by atoms with Crippen molar-refractivity contribution in [2.75, 3.05) is 19.6 Å². The van der Waals surface area contributed by atoms with Crippen molar-refractivity contribution >= 4 is 11.8 Å². The second-order valence-electron chi connectivity index (χ2n) is 7.47. The number of rotatable bonds is 5. The van der Waals surface area contributed by atoms with E-state index in [4.69, 9.17) is 10.5 Å². The van der Waals surface area contributed by atoms with Crippen molar-refractivity contribution in [3.63, 3.8) is 0 Å². The van der Waals surface area contributed by atoms with Crippen molar-refractivity contribution in [2.24, 2.45) is 5.73 Å². The van der Waals surface area contributed by atoms with Gasteiger partial charge in [-0.25, -0.2) is 4.79 Å². The zero-order valence-corrected chi connectivity index (χ0v) is 14.9. The first-order valence-corrected chi connectivity index (χ1v) is 8.53. The Hall–Kier alpha value is -1.72. The lowest BCUT2D eigenvalue weighted by molar-refractivity contribution is -0.162. The molecule has 1 aliphatic rings. The number of carbonyl (C=O) groups excluding carboxylic acids is 2. The molecule has 0 radical (unpaired) electrons. The molecule has 2 rings (SSSR count). The van der Waals surface area contributed by atoms with Crippen molar-refractivity contribution in [1.82, 2.24) is 4.90 Å². The molecule has 1 saturated heterocycles. The number of carbonyl (C=O) groups is 2. The molecule has 5 heteroatoms. The van der Waals surface area contributed by atoms with Crippen molar-refractivity contribution in [3.05, 3.63) is 35.9 Å². The number of nitrogens with two attached hydrogens (primary N) is 1. The molecule has 24 heavy (non-hydrogen) atoms. The van der Waals surface area contributed by atoms with E-state index < -0.39 is 17.1 Å². The SMILES string of the molecule is CC(C)(C)OC(=O)C(N)(CCN1CCC(=O)CC1)c1ccccc1. The molecular formula is C19H28N2O3. The average Bonchev–Trinajstić information content (AvgIpc) is 2.53. The molecule has 1 atom stereocenters. The third-order valence-corrected chi connectivity index (χ3v) is 4.29. The predicted octanol–water partition coefficient (Wildman–Crippen LogP) is 2.24. The van der Waals surface area contributed by atoms with E-state index in [1.807, 2.05) is 51.1 Å². The molecule has 0 amide bonds. The lowest BCUT2D eigenvalue weighted by Crippen LogP contribution is -2.50. The maximum Gasteiger partial charge on any atom is 0.331 e. The van der Waals surface area contributed by atoms with Gasteiger partial charge in [0.25, 0.3) is 0 Å². The zero-order chi connectivity index (χ0) is 17.8. The Labute approximate surface area is 144 Å². The summed E-state index contributed by atoms with van der Waals surface area (Å²) in [6.45, 7) is 7.65. The highest BCUT2D eigenvalue weighted by atomic mass is 16.6. The van der Waals surface area contributed by atoms with Gasteiger partial charge in [0, 0.05) is 32.5 Å². The summed E-state index contributed by atoms with van der Waals surface area (Å²) in [5.41, 5.74) is 5.53. The van der Waals surface area contributed by atoms with Crippen LogP contribution in [0.3, 0.4) is 0 Å². The number of hydrogen-bond donors (Lipinski definition) is 1. The van der Waals surface area contributed by atoms with E-state index in [-0.39, 0.29) is 0 Å². The van der Waals surface area contributed by atoms with Gasteiger partial charge in [-0.2, -0.15) is 0 Å². The molecule has 132 valence electrons. The van der Waals surface area contributed by atoms with Gasteiger partial charge in [-0.3, -0.25) is 4.79 Å². The number of likely N-dealkylation sites (tertiary alicyclic amines) is 1. The fourth-order valence-electron chi connectivity index (χ4n) is 2.83. The Bertz CT molecular complexity index is 570. The number of esters is 1. The Morgan fingerprint density at radius 1 is 1.17 bits per heavy atom. The predicted molar refractivity (Wildman–Crippen MR) is 93.5 cm³/mol. The number of piperidine rings is 1. The second kappa shape index (κ2) is 7.45. The quantitative estimate of drug-likeness (QED) is 0.837. The summed E-state index contributed by atoms with van der Waals surface area (Å²) in [6.07, 6.45) is 1.62. The summed E-state index contributed by atoms with van der Waals surface area (Å²) in [4.78, 5) is 26.3. The van der Waals surface area contributed by atoms with Crippen LogP contribution in [0.1, 0.15) is 45.6 Å². The van der Waals surface area contributed by atoms with Crippen LogP contribution in [0.4, 0.5) is 0 Å². The topological polar surface area (TPSA) is 72.6 Å². The van der Waals surface area contributed by atoms with Gasteiger partial charge in [-0.1, -0.05) is 30.3 Å². The Balaban J connectivity index is 2.14.